The SMILES string of the molecule is CC1(C)C(O)CC1Oc1ccc(Cl)c2ccccc12. The monoisotopic (exact) mass is 276 g/mol. The van der Waals surface area contributed by atoms with Crippen molar-refractivity contribution in [3.63, 3.8) is 0 Å². The lowest BCUT2D eigenvalue weighted by Gasteiger charge is -2.48. The summed E-state index contributed by atoms with van der Waals surface area (Å²) in [7, 11) is 0. The molecule has 19 heavy (non-hydrogen) atoms. The van der Waals surface area contributed by atoms with Gasteiger partial charge in [-0.1, -0.05) is 49.7 Å². The van der Waals surface area contributed by atoms with E-state index in [1.165, 1.54) is 0 Å². The van der Waals surface area contributed by atoms with Crippen molar-refractivity contribution in [2.75, 3.05) is 0 Å². The number of aliphatic hydroxyl groups is 1. The average molecular weight is 277 g/mol. The molecule has 1 N–H and O–H groups in total. The number of ether oxygens (including phenoxy) is 1. The Morgan fingerprint density at radius 1 is 1.16 bits per heavy atom. The largest absolute Gasteiger partial charge is 0.489 e. The molecular weight excluding hydrogens is 260 g/mol. The normalized spacial score (nSPS) is 25.1. The Balaban J connectivity index is 1.97. The first-order valence-electron chi connectivity index (χ1n) is 6.52. The minimum absolute atomic E-state index is 0.0482. The van der Waals surface area contributed by atoms with Crippen LogP contribution in [0.2, 0.25) is 5.02 Å². The second-order valence-corrected chi connectivity index (χ2v) is 6.18. The van der Waals surface area contributed by atoms with Gasteiger partial charge in [-0.2, -0.15) is 0 Å². The lowest BCUT2D eigenvalue weighted by Crippen LogP contribution is -2.56. The van der Waals surface area contributed by atoms with Crippen LogP contribution in [0.15, 0.2) is 36.4 Å². The van der Waals surface area contributed by atoms with Gasteiger partial charge in [0, 0.05) is 27.6 Å². The standard InChI is InChI=1S/C16H17ClO2/c1-16(2)14(18)9-15(16)19-13-8-7-12(17)10-5-3-4-6-11(10)13/h3-8,14-15,18H,9H2,1-2H3. The van der Waals surface area contributed by atoms with E-state index in [-0.39, 0.29) is 17.6 Å². The van der Waals surface area contributed by atoms with Crippen molar-refractivity contribution < 1.29 is 9.84 Å². The highest BCUT2D eigenvalue weighted by molar-refractivity contribution is 6.35. The van der Waals surface area contributed by atoms with E-state index in [9.17, 15) is 5.11 Å². The minimum Gasteiger partial charge on any atom is -0.489 e. The first-order chi connectivity index (χ1) is 9.00. The van der Waals surface area contributed by atoms with Crippen LogP contribution in [0.4, 0.5) is 0 Å². The fourth-order valence-corrected chi connectivity index (χ4v) is 2.78. The van der Waals surface area contributed by atoms with Crippen molar-refractivity contribution in [1.82, 2.24) is 0 Å². The van der Waals surface area contributed by atoms with Crippen LogP contribution < -0.4 is 4.74 Å². The van der Waals surface area contributed by atoms with E-state index in [4.69, 9.17) is 16.3 Å². The van der Waals surface area contributed by atoms with Crippen molar-refractivity contribution in [3.8, 4) is 5.75 Å². The summed E-state index contributed by atoms with van der Waals surface area (Å²) in [5.41, 5.74) is -0.194. The van der Waals surface area contributed by atoms with Crippen LogP contribution in [0.1, 0.15) is 20.3 Å². The van der Waals surface area contributed by atoms with Gasteiger partial charge in [-0.3, -0.25) is 0 Å². The third-order valence-electron chi connectivity index (χ3n) is 4.23. The number of hydrogen-bond acceptors (Lipinski definition) is 2. The lowest BCUT2D eigenvalue weighted by atomic mass is 9.66. The van der Waals surface area contributed by atoms with E-state index in [0.717, 1.165) is 21.5 Å². The molecule has 3 rings (SSSR count). The molecule has 2 aromatic carbocycles. The smallest absolute Gasteiger partial charge is 0.127 e. The van der Waals surface area contributed by atoms with Crippen LogP contribution in [0.25, 0.3) is 10.8 Å². The van der Waals surface area contributed by atoms with E-state index < -0.39 is 0 Å². The Labute approximate surface area is 118 Å². The number of benzene rings is 2. The molecule has 1 aliphatic carbocycles. The van der Waals surface area contributed by atoms with E-state index in [2.05, 4.69) is 0 Å². The lowest BCUT2D eigenvalue weighted by molar-refractivity contribution is -0.134. The van der Waals surface area contributed by atoms with Crippen LogP contribution in [-0.2, 0) is 0 Å². The van der Waals surface area contributed by atoms with Gasteiger partial charge in [0.2, 0.25) is 0 Å². The van der Waals surface area contributed by atoms with E-state index in [0.29, 0.717) is 6.42 Å². The van der Waals surface area contributed by atoms with Crippen molar-refractivity contribution in [2.45, 2.75) is 32.5 Å². The fourth-order valence-electron chi connectivity index (χ4n) is 2.56. The maximum Gasteiger partial charge on any atom is 0.127 e. The zero-order chi connectivity index (χ0) is 13.6. The third kappa shape index (κ3) is 1.99. The molecule has 1 fully saturated rings. The molecule has 2 aromatic rings. The predicted molar refractivity (Wildman–Crippen MR) is 77.8 cm³/mol. The van der Waals surface area contributed by atoms with Crippen LogP contribution in [0.5, 0.6) is 5.75 Å². The highest BCUT2D eigenvalue weighted by atomic mass is 35.5. The van der Waals surface area contributed by atoms with E-state index in [1.54, 1.807) is 0 Å². The Morgan fingerprint density at radius 3 is 2.47 bits per heavy atom. The van der Waals surface area contributed by atoms with Crippen LogP contribution >= 0.6 is 11.6 Å². The second kappa shape index (κ2) is 4.39. The van der Waals surface area contributed by atoms with Gasteiger partial charge in [-0.15, -0.1) is 0 Å². The molecule has 0 radical (unpaired) electrons. The molecule has 2 unspecified atom stereocenters. The minimum atomic E-state index is -0.281. The molecule has 1 saturated carbocycles. The Hall–Kier alpha value is -1.25. The summed E-state index contributed by atoms with van der Waals surface area (Å²) in [5, 5.41) is 12.5. The van der Waals surface area contributed by atoms with Crippen LogP contribution in [0, 0.1) is 5.41 Å². The highest BCUT2D eigenvalue weighted by Gasteiger charge is 2.49. The van der Waals surface area contributed by atoms with Crippen molar-refractivity contribution in [3.05, 3.63) is 41.4 Å². The zero-order valence-corrected chi connectivity index (χ0v) is 11.8. The van der Waals surface area contributed by atoms with Crippen LogP contribution in [-0.4, -0.2) is 17.3 Å². The molecule has 2 nitrogen and oxygen atoms in total. The summed E-state index contributed by atoms with van der Waals surface area (Å²) in [4.78, 5) is 0. The summed E-state index contributed by atoms with van der Waals surface area (Å²) < 4.78 is 6.09. The molecule has 0 amide bonds. The van der Waals surface area contributed by atoms with Crippen molar-refractivity contribution in [1.29, 1.82) is 0 Å². The van der Waals surface area contributed by atoms with Gasteiger partial charge < -0.3 is 9.84 Å². The number of aliphatic hydroxyl groups excluding tert-OH is 1. The molecule has 2 atom stereocenters. The maximum absolute atomic E-state index is 9.78. The third-order valence-corrected chi connectivity index (χ3v) is 4.56. The fraction of sp³-hybridized carbons (Fsp3) is 0.375. The van der Waals surface area contributed by atoms with Gasteiger partial charge in [0.25, 0.3) is 0 Å². The molecule has 1 aliphatic rings. The Morgan fingerprint density at radius 2 is 1.84 bits per heavy atom. The molecule has 3 heteroatoms. The molecule has 0 aliphatic heterocycles. The van der Waals surface area contributed by atoms with Gasteiger partial charge in [-0.05, 0) is 12.1 Å². The molecule has 0 aromatic heterocycles. The van der Waals surface area contributed by atoms with Gasteiger partial charge >= 0.3 is 0 Å². The predicted octanol–water partition coefficient (Wildman–Crippen LogP) is 4.03. The second-order valence-electron chi connectivity index (χ2n) is 5.77. The number of halogens is 1. The molecule has 0 heterocycles. The maximum atomic E-state index is 9.78. The van der Waals surface area contributed by atoms with Crippen LogP contribution in [0.3, 0.4) is 0 Å². The summed E-state index contributed by atoms with van der Waals surface area (Å²) in [6, 6.07) is 11.7. The van der Waals surface area contributed by atoms with Gasteiger partial charge in [-0.25, -0.2) is 0 Å². The summed E-state index contributed by atoms with van der Waals surface area (Å²) in [6.45, 7) is 4.06. The van der Waals surface area contributed by atoms with E-state index >= 15 is 0 Å². The summed E-state index contributed by atoms with van der Waals surface area (Å²) in [6.07, 6.45) is 0.451. The zero-order valence-electron chi connectivity index (χ0n) is 11.1. The van der Waals surface area contributed by atoms with Gasteiger partial charge in [0.05, 0.1) is 6.10 Å². The number of fused-ring (bicyclic) bond motifs is 1. The summed E-state index contributed by atoms with van der Waals surface area (Å²) >= 11 is 6.20. The average Bonchev–Trinajstić information content (AvgIpc) is 2.41. The highest BCUT2D eigenvalue weighted by Crippen LogP contribution is 2.44. The quantitative estimate of drug-likeness (QED) is 0.897. The summed E-state index contributed by atoms with van der Waals surface area (Å²) in [5.74, 6) is 0.838. The molecule has 0 bridgehead atoms. The molecule has 100 valence electrons. The topological polar surface area (TPSA) is 29.5 Å². The first-order valence-corrected chi connectivity index (χ1v) is 6.90. The van der Waals surface area contributed by atoms with Crippen molar-refractivity contribution >= 4 is 22.4 Å². The Kier molecular flexibility index (Phi) is 2.95. The van der Waals surface area contributed by atoms with Gasteiger partial charge in [0.15, 0.2) is 0 Å². The number of rotatable bonds is 2. The van der Waals surface area contributed by atoms with E-state index in [1.807, 2.05) is 50.2 Å². The van der Waals surface area contributed by atoms with Gasteiger partial charge in [0.1, 0.15) is 11.9 Å². The first kappa shape index (κ1) is 12.8. The molecular formula is C16H17ClO2. The molecule has 0 saturated heterocycles. The Bertz CT molecular complexity index is 621. The number of hydrogen-bond donors (Lipinski definition) is 1. The van der Waals surface area contributed by atoms with Crippen molar-refractivity contribution in [2.24, 2.45) is 5.41 Å². The molecule has 0 spiro atoms.